The molecule has 0 bridgehead atoms. The number of nitrogens with one attached hydrogen (secondary N) is 1. The van der Waals surface area contributed by atoms with Crippen LogP contribution in [0.5, 0.6) is 0 Å². The molecule has 0 aromatic rings. The highest BCUT2D eigenvalue weighted by atomic mass is 16.5. The van der Waals surface area contributed by atoms with Crippen LogP contribution in [0.3, 0.4) is 0 Å². The molecule has 0 aromatic heterocycles. The van der Waals surface area contributed by atoms with Crippen LogP contribution in [0.4, 0.5) is 0 Å². The van der Waals surface area contributed by atoms with Crippen LogP contribution in [-0.4, -0.2) is 49.7 Å². The summed E-state index contributed by atoms with van der Waals surface area (Å²) in [5.41, 5.74) is 0. The highest BCUT2D eigenvalue weighted by Crippen LogP contribution is 1.98. The van der Waals surface area contributed by atoms with Gasteiger partial charge in [-0.15, -0.1) is 0 Å². The van der Waals surface area contributed by atoms with Crippen molar-refractivity contribution in [2.75, 3.05) is 26.7 Å². The minimum Gasteiger partial charge on any atom is -0.468 e. The number of likely N-dealkylation sites (N-methyl/N-ethyl adjacent to an activating group) is 1. The minimum atomic E-state index is -0.185. The lowest BCUT2D eigenvalue weighted by atomic mass is 10.2. The van der Waals surface area contributed by atoms with Gasteiger partial charge in [0.05, 0.1) is 7.11 Å². The van der Waals surface area contributed by atoms with Crippen LogP contribution in [0.2, 0.25) is 0 Å². The van der Waals surface area contributed by atoms with Crippen LogP contribution in [0, 0.1) is 0 Å². The maximum absolute atomic E-state index is 11.4. The molecule has 0 radical (unpaired) electrons. The van der Waals surface area contributed by atoms with Crippen molar-refractivity contribution in [2.45, 2.75) is 46.2 Å². The van der Waals surface area contributed by atoms with Gasteiger partial charge >= 0.3 is 5.97 Å². The molecule has 2 unspecified atom stereocenters. The number of nitrogens with zero attached hydrogens (tertiary/aromatic N) is 1. The van der Waals surface area contributed by atoms with E-state index in [4.69, 9.17) is 4.74 Å². The average Bonchev–Trinajstić information content (AvgIpc) is 2.31. The van der Waals surface area contributed by atoms with Crippen molar-refractivity contribution >= 4 is 5.97 Å². The van der Waals surface area contributed by atoms with E-state index in [1.54, 1.807) is 0 Å². The largest absolute Gasteiger partial charge is 0.468 e. The fraction of sp³-hybridized carbons (Fsp3) is 0.917. The summed E-state index contributed by atoms with van der Waals surface area (Å²) in [5.74, 6) is -0.172. The van der Waals surface area contributed by atoms with E-state index in [2.05, 4.69) is 31.0 Å². The number of carbonyl (C=O) groups excluding carboxylic acids is 1. The second kappa shape index (κ2) is 8.53. The SMILES string of the molecule is CCC(NC(C)CN(CC)CC)C(=O)OC. The Morgan fingerprint density at radius 3 is 2.25 bits per heavy atom. The molecule has 96 valence electrons. The third-order valence-corrected chi connectivity index (χ3v) is 2.81. The second-order valence-corrected chi connectivity index (χ2v) is 4.04. The van der Waals surface area contributed by atoms with E-state index in [9.17, 15) is 4.79 Å². The van der Waals surface area contributed by atoms with Gasteiger partial charge in [0, 0.05) is 12.6 Å². The normalized spacial score (nSPS) is 14.9. The number of esters is 1. The Kier molecular flexibility index (Phi) is 8.21. The molecule has 0 aliphatic rings. The van der Waals surface area contributed by atoms with Crippen molar-refractivity contribution in [3.63, 3.8) is 0 Å². The molecule has 4 nitrogen and oxygen atoms in total. The smallest absolute Gasteiger partial charge is 0.322 e. The number of hydrogen-bond donors (Lipinski definition) is 1. The van der Waals surface area contributed by atoms with E-state index < -0.39 is 0 Å². The predicted molar refractivity (Wildman–Crippen MR) is 66.5 cm³/mol. The molecule has 16 heavy (non-hydrogen) atoms. The second-order valence-electron chi connectivity index (χ2n) is 4.04. The Morgan fingerprint density at radius 1 is 1.31 bits per heavy atom. The van der Waals surface area contributed by atoms with Gasteiger partial charge in [-0.1, -0.05) is 20.8 Å². The van der Waals surface area contributed by atoms with E-state index in [-0.39, 0.29) is 12.0 Å². The van der Waals surface area contributed by atoms with Crippen LogP contribution in [0.15, 0.2) is 0 Å². The van der Waals surface area contributed by atoms with Gasteiger partial charge in [0.1, 0.15) is 6.04 Å². The number of rotatable bonds is 8. The molecule has 0 saturated carbocycles. The molecule has 0 saturated heterocycles. The molecule has 0 aliphatic carbocycles. The monoisotopic (exact) mass is 230 g/mol. The van der Waals surface area contributed by atoms with E-state index in [1.165, 1.54) is 7.11 Å². The topological polar surface area (TPSA) is 41.6 Å². The molecule has 1 N–H and O–H groups in total. The summed E-state index contributed by atoms with van der Waals surface area (Å²) in [5, 5.41) is 3.30. The number of ether oxygens (including phenoxy) is 1. The lowest BCUT2D eigenvalue weighted by molar-refractivity contribution is -0.143. The van der Waals surface area contributed by atoms with Gasteiger partial charge in [-0.3, -0.25) is 4.79 Å². The van der Waals surface area contributed by atoms with Crippen LogP contribution < -0.4 is 5.32 Å². The Labute approximate surface area is 99.3 Å². The zero-order valence-corrected chi connectivity index (χ0v) is 11.2. The van der Waals surface area contributed by atoms with Crippen molar-refractivity contribution in [2.24, 2.45) is 0 Å². The molecule has 0 fully saturated rings. The Hall–Kier alpha value is -0.610. The van der Waals surface area contributed by atoms with Crippen LogP contribution in [0.1, 0.15) is 34.1 Å². The van der Waals surface area contributed by atoms with Crippen molar-refractivity contribution in [1.29, 1.82) is 0 Å². The van der Waals surface area contributed by atoms with Crippen LogP contribution in [-0.2, 0) is 9.53 Å². The molecule has 4 heteroatoms. The van der Waals surface area contributed by atoms with E-state index in [0.717, 1.165) is 26.1 Å². The third-order valence-electron chi connectivity index (χ3n) is 2.81. The van der Waals surface area contributed by atoms with Gasteiger partial charge in [-0.05, 0) is 26.4 Å². The van der Waals surface area contributed by atoms with Gasteiger partial charge in [0.25, 0.3) is 0 Å². The molecule has 0 spiro atoms. The zero-order chi connectivity index (χ0) is 12.6. The summed E-state index contributed by atoms with van der Waals surface area (Å²) >= 11 is 0. The first-order valence-electron chi connectivity index (χ1n) is 6.15. The Balaban J connectivity index is 4.09. The van der Waals surface area contributed by atoms with Gasteiger partial charge in [-0.2, -0.15) is 0 Å². The highest BCUT2D eigenvalue weighted by Gasteiger charge is 2.19. The number of methoxy groups -OCH3 is 1. The standard InChI is InChI=1S/C12H26N2O2/c1-6-11(12(15)16-5)13-10(4)9-14(7-2)8-3/h10-11,13H,6-9H2,1-5H3. The summed E-state index contributed by atoms with van der Waals surface area (Å²) in [4.78, 5) is 13.7. The summed E-state index contributed by atoms with van der Waals surface area (Å²) in [6.07, 6.45) is 0.759. The molecule has 0 amide bonds. The maximum atomic E-state index is 11.4. The summed E-state index contributed by atoms with van der Waals surface area (Å²) in [6.45, 7) is 11.4. The van der Waals surface area contributed by atoms with Crippen molar-refractivity contribution in [3.05, 3.63) is 0 Å². The molecule has 0 aromatic carbocycles. The predicted octanol–water partition coefficient (Wildman–Crippen LogP) is 1.26. The zero-order valence-electron chi connectivity index (χ0n) is 11.2. The first-order valence-corrected chi connectivity index (χ1v) is 6.15. The summed E-state index contributed by atoms with van der Waals surface area (Å²) in [7, 11) is 1.43. The van der Waals surface area contributed by atoms with Gasteiger partial charge < -0.3 is 15.0 Å². The minimum absolute atomic E-state index is 0.172. The van der Waals surface area contributed by atoms with Crippen molar-refractivity contribution in [3.8, 4) is 0 Å². The lowest BCUT2D eigenvalue weighted by Gasteiger charge is -2.26. The third kappa shape index (κ3) is 5.47. The highest BCUT2D eigenvalue weighted by molar-refractivity contribution is 5.75. The summed E-state index contributed by atoms with van der Waals surface area (Å²) < 4.78 is 4.75. The Bertz CT molecular complexity index is 193. The van der Waals surface area contributed by atoms with Crippen LogP contribution >= 0.6 is 0 Å². The number of hydrogen-bond acceptors (Lipinski definition) is 4. The first kappa shape index (κ1) is 15.4. The van der Waals surface area contributed by atoms with Crippen molar-refractivity contribution in [1.82, 2.24) is 10.2 Å². The first-order chi connectivity index (χ1) is 7.58. The molecular formula is C12H26N2O2. The molecule has 0 heterocycles. The molecular weight excluding hydrogens is 204 g/mol. The fourth-order valence-corrected chi connectivity index (χ4v) is 1.76. The molecule has 2 atom stereocenters. The number of carbonyl (C=O) groups is 1. The van der Waals surface area contributed by atoms with E-state index >= 15 is 0 Å². The van der Waals surface area contributed by atoms with E-state index in [1.807, 2.05) is 6.92 Å². The average molecular weight is 230 g/mol. The maximum Gasteiger partial charge on any atom is 0.322 e. The lowest BCUT2D eigenvalue weighted by Crippen LogP contribution is -2.47. The summed E-state index contributed by atoms with van der Waals surface area (Å²) in [6, 6.07) is 0.111. The quantitative estimate of drug-likeness (QED) is 0.637. The van der Waals surface area contributed by atoms with Gasteiger partial charge in [0.2, 0.25) is 0 Å². The molecule has 0 rings (SSSR count). The van der Waals surface area contributed by atoms with Crippen molar-refractivity contribution < 1.29 is 9.53 Å². The Morgan fingerprint density at radius 2 is 1.88 bits per heavy atom. The van der Waals surface area contributed by atoms with E-state index in [0.29, 0.717) is 6.04 Å². The van der Waals surface area contributed by atoms with Gasteiger partial charge in [0.15, 0.2) is 0 Å². The van der Waals surface area contributed by atoms with Crippen LogP contribution in [0.25, 0.3) is 0 Å². The fourth-order valence-electron chi connectivity index (χ4n) is 1.76. The van der Waals surface area contributed by atoms with Gasteiger partial charge in [-0.25, -0.2) is 0 Å². The molecule has 0 aliphatic heterocycles.